The number of benzene rings is 1. The second kappa shape index (κ2) is 7.29. The lowest BCUT2D eigenvalue weighted by atomic mass is 9.98. The maximum atomic E-state index is 13.4. The summed E-state index contributed by atoms with van der Waals surface area (Å²) in [6.45, 7) is 0. The number of ketones is 1. The Morgan fingerprint density at radius 2 is 2.04 bits per heavy atom. The Bertz CT molecular complexity index is 1080. The lowest BCUT2D eigenvalue weighted by molar-refractivity contribution is 0.0971. The fraction of sp³-hybridized carbons (Fsp3) is 0.0952. The minimum Gasteiger partial charge on any atom is -0.481 e. The van der Waals surface area contributed by atoms with Crippen molar-refractivity contribution < 1.29 is 9.53 Å². The summed E-state index contributed by atoms with van der Waals surface area (Å²) >= 11 is 0. The number of para-hydroxylation sites is 1. The molecule has 0 saturated carbocycles. The van der Waals surface area contributed by atoms with E-state index in [4.69, 9.17) is 4.74 Å². The molecule has 0 fully saturated rings. The normalized spacial score (nSPS) is 11.9. The molecular formula is C21H18N4O2. The molecule has 1 atom stereocenters. The predicted molar refractivity (Wildman–Crippen MR) is 104 cm³/mol. The van der Waals surface area contributed by atoms with Crippen molar-refractivity contribution in [2.24, 2.45) is 0 Å². The van der Waals surface area contributed by atoms with Crippen LogP contribution in [-0.2, 0) is 0 Å². The van der Waals surface area contributed by atoms with Crippen molar-refractivity contribution in [2.75, 3.05) is 12.4 Å². The van der Waals surface area contributed by atoms with Crippen LogP contribution in [0.1, 0.15) is 22.0 Å². The summed E-state index contributed by atoms with van der Waals surface area (Å²) in [6, 6.07) is 14.4. The van der Waals surface area contributed by atoms with E-state index in [9.17, 15) is 4.79 Å². The molecule has 2 N–H and O–H groups in total. The van der Waals surface area contributed by atoms with Crippen LogP contribution in [0.15, 0.2) is 73.3 Å². The number of pyridine rings is 2. The number of rotatable bonds is 6. The highest BCUT2D eigenvalue weighted by Gasteiger charge is 2.24. The monoisotopic (exact) mass is 358 g/mol. The lowest BCUT2D eigenvalue weighted by Crippen LogP contribution is -2.21. The van der Waals surface area contributed by atoms with Gasteiger partial charge in [-0.1, -0.05) is 24.3 Å². The zero-order valence-corrected chi connectivity index (χ0v) is 14.7. The number of hydrogen-bond acceptors (Lipinski definition) is 5. The maximum absolute atomic E-state index is 13.4. The molecule has 1 aromatic carbocycles. The SMILES string of the molecule is COc1cc(NC(C(=O)c2c[nH]c3ccccc23)c2cccnc2)ccn1. The molecule has 0 amide bonds. The van der Waals surface area contributed by atoms with Gasteiger partial charge in [0.15, 0.2) is 5.78 Å². The fourth-order valence-corrected chi connectivity index (χ4v) is 3.06. The first-order valence-corrected chi connectivity index (χ1v) is 8.53. The average molecular weight is 358 g/mol. The van der Waals surface area contributed by atoms with Crippen molar-refractivity contribution in [3.8, 4) is 5.88 Å². The number of ether oxygens (including phenoxy) is 1. The van der Waals surface area contributed by atoms with E-state index in [0.717, 1.165) is 22.2 Å². The molecule has 4 aromatic rings. The summed E-state index contributed by atoms with van der Waals surface area (Å²) in [5.74, 6) is 0.431. The molecule has 0 bridgehead atoms. The number of hydrogen-bond donors (Lipinski definition) is 2. The summed E-state index contributed by atoms with van der Waals surface area (Å²) in [5.41, 5.74) is 3.08. The van der Waals surface area contributed by atoms with E-state index in [0.29, 0.717) is 11.4 Å². The number of carbonyl (C=O) groups excluding carboxylic acids is 1. The summed E-state index contributed by atoms with van der Waals surface area (Å²) in [4.78, 5) is 24.9. The van der Waals surface area contributed by atoms with Gasteiger partial charge < -0.3 is 15.0 Å². The Morgan fingerprint density at radius 3 is 2.85 bits per heavy atom. The first-order valence-electron chi connectivity index (χ1n) is 8.53. The first-order chi connectivity index (χ1) is 13.3. The molecule has 6 nitrogen and oxygen atoms in total. The highest BCUT2D eigenvalue weighted by atomic mass is 16.5. The molecule has 134 valence electrons. The van der Waals surface area contributed by atoms with E-state index >= 15 is 0 Å². The quantitative estimate of drug-likeness (QED) is 0.509. The van der Waals surface area contributed by atoms with Gasteiger partial charge in [0, 0.05) is 58.6 Å². The Hall–Kier alpha value is -3.67. The number of H-pyrrole nitrogens is 1. The molecule has 0 spiro atoms. The molecule has 3 aromatic heterocycles. The Labute approximate surface area is 156 Å². The van der Waals surface area contributed by atoms with Gasteiger partial charge in [0.1, 0.15) is 6.04 Å². The van der Waals surface area contributed by atoms with Crippen molar-refractivity contribution in [2.45, 2.75) is 6.04 Å². The molecule has 4 rings (SSSR count). The molecule has 0 radical (unpaired) electrons. The molecule has 0 aliphatic heterocycles. The van der Waals surface area contributed by atoms with Crippen LogP contribution in [0.25, 0.3) is 10.9 Å². The number of aromatic nitrogens is 3. The van der Waals surface area contributed by atoms with Crippen LogP contribution >= 0.6 is 0 Å². The minimum atomic E-state index is -0.593. The van der Waals surface area contributed by atoms with Gasteiger partial charge in [-0.15, -0.1) is 0 Å². The van der Waals surface area contributed by atoms with Gasteiger partial charge >= 0.3 is 0 Å². The molecule has 27 heavy (non-hydrogen) atoms. The van der Waals surface area contributed by atoms with Gasteiger partial charge in [-0.3, -0.25) is 9.78 Å². The van der Waals surface area contributed by atoms with Gasteiger partial charge in [0.05, 0.1) is 7.11 Å². The Morgan fingerprint density at radius 1 is 1.15 bits per heavy atom. The molecule has 0 saturated heterocycles. The number of nitrogens with zero attached hydrogens (tertiary/aromatic N) is 2. The largest absolute Gasteiger partial charge is 0.481 e. The number of aromatic amines is 1. The van der Waals surface area contributed by atoms with Crippen LogP contribution in [0.2, 0.25) is 0 Å². The van der Waals surface area contributed by atoms with Gasteiger partial charge in [-0.2, -0.15) is 0 Å². The van der Waals surface area contributed by atoms with E-state index in [1.54, 1.807) is 44.0 Å². The van der Waals surface area contributed by atoms with Gasteiger partial charge in [0.25, 0.3) is 0 Å². The van der Waals surface area contributed by atoms with E-state index in [-0.39, 0.29) is 5.78 Å². The number of carbonyl (C=O) groups is 1. The third kappa shape index (κ3) is 3.37. The highest BCUT2D eigenvalue weighted by Crippen LogP contribution is 2.28. The standard InChI is InChI=1S/C21H18N4O2/c1-27-19-11-15(8-10-23-19)25-20(14-5-4-9-22-12-14)21(26)17-13-24-18-7-3-2-6-16(17)18/h2-13,20,24H,1H3,(H,23,25). The van der Waals surface area contributed by atoms with E-state index in [1.165, 1.54) is 0 Å². The van der Waals surface area contributed by atoms with Crippen LogP contribution in [0.4, 0.5) is 5.69 Å². The van der Waals surface area contributed by atoms with E-state index in [1.807, 2.05) is 36.4 Å². The van der Waals surface area contributed by atoms with Crippen LogP contribution in [0.3, 0.4) is 0 Å². The number of anilines is 1. The van der Waals surface area contributed by atoms with Crippen LogP contribution in [0, 0.1) is 0 Å². The topological polar surface area (TPSA) is 79.9 Å². The first kappa shape index (κ1) is 16.8. The van der Waals surface area contributed by atoms with E-state index in [2.05, 4.69) is 20.3 Å². The van der Waals surface area contributed by atoms with Gasteiger partial charge in [0.2, 0.25) is 5.88 Å². The number of nitrogens with one attached hydrogen (secondary N) is 2. The minimum absolute atomic E-state index is 0.0452. The molecule has 0 aliphatic rings. The number of fused-ring (bicyclic) bond motifs is 1. The zero-order chi connectivity index (χ0) is 18.6. The predicted octanol–water partition coefficient (Wildman–Crippen LogP) is 4.00. The lowest BCUT2D eigenvalue weighted by Gasteiger charge is -2.19. The average Bonchev–Trinajstić information content (AvgIpc) is 3.16. The number of methoxy groups -OCH3 is 1. The third-order valence-electron chi connectivity index (χ3n) is 4.39. The highest BCUT2D eigenvalue weighted by molar-refractivity contribution is 6.11. The second-order valence-corrected chi connectivity index (χ2v) is 6.06. The zero-order valence-electron chi connectivity index (χ0n) is 14.7. The van der Waals surface area contributed by atoms with Crippen molar-refractivity contribution >= 4 is 22.4 Å². The Balaban J connectivity index is 1.74. The molecule has 0 aliphatic carbocycles. The maximum Gasteiger partial charge on any atom is 0.214 e. The van der Waals surface area contributed by atoms with Crippen molar-refractivity contribution in [1.82, 2.24) is 15.0 Å². The molecule has 1 unspecified atom stereocenters. The van der Waals surface area contributed by atoms with Crippen LogP contribution < -0.4 is 10.1 Å². The second-order valence-electron chi connectivity index (χ2n) is 6.06. The molecular weight excluding hydrogens is 340 g/mol. The third-order valence-corrected chi connectivity index (χ3v) is 4.39. The van der Waals surface area contributed by atoms with Crippen LogP contribution in [-0.4, -0.2) is 27.8 Å². The Kier molecular flexibility index (Phi) is 4.53. The summed E-state index contributed by atoms with van der Waals surface area (Å²) in [6.07, 6.45) is 6.78. The van der Waals surface area contributed by atoms with Crippen molar-refractivity contribution in [1.29, 1.82) is 0 Å². The number of Topliss-reactive ketones (excluding diaryl/α,β-unsaturated/α-hetero) is 1. The summed E-state index contributed by atoms with van der Waals surface area (Å²) in [5, 5.41) is 4.19. The van der Waals surface area contributed by atoms with Gasteiger partial charge in [-0.25, -0.2) is 4.98 Å². The smallest absolute Gasteiger partial charge is 0.214 e. The van der Waals surface area contributed by atoms with Crippen molar-refractivity contribution in [3.63, 3.8) is 0 Å². The summed E-state index contributed by atoms with van der Waals surface area (Å²) < 4.78 is 5.18. The fourth-order valence-electron chi connectivity index (χ4n) is 3.06. The molecule has 6 heteroatoms. The van der Waals surface area contributed by atoms with Gasteiger partial charge in [-0.05, 0) is 18.2 Å². The van der Waals surface area contributed by atoms with Crippen molar-refractivity contribution in [3.05, 3.63) is 84.4 Å². The van der Waals surface area contributed by atoms with E-state index < -0.39 is 6.04 Å². The summed E-state index contributed by atoms with van der Waals surface area (Å²) in [7, 11) is 1.56. The van der Waals surface area contributed by atoms with Crippen LogP contribution in [0.5, 0.6) is 5.88 Å². The molecule has 3 heterocycles.